The Bertz CT molecular complexity index is 250. The van der Waals surface area contributed by atoms with Crippen LogP contribution in [0.4, 0.5) is 0 Å². The molecule has 0 bridgehead atoms. The molecule has 0 amide bonds. The smallest absolute Gasteiger partial charge is 0.143 e. The van der Waals surface area contributed by atoms with Crippen molar-refractivity contribution in [3.05, 3.63) is 12.2 Å². The third-order valence-electron chi connectivity index (χ3n) is 3.14. The molecule has 0 atom stereocenters. The van der Waals surface area contributed by atoms with Gasteiger partial charge in [0, 0.05) is 12.8 Å². The Labute approximate surface area is 98.1 Å². The van der Waals surface area contributed by atoms with Gasteiger partial charge in [0.2, 0.25) is 0 Å². The van der Waals surface area contributed by atoms with E-state index in [0.29, 0.717) is 19.3 Å². The highest BCUT2D eigenvalue weighted by Crippen LogP contribution is 2.20. The standard InChI is InChI=1S/C14H22O2/c1-2-3-4-5-6-7-9-12-13(15)10-8-11-14(12)16/h6-7,12H,2-5,8-11H2,1H3/b7-6+. The highest BCUT2D eigenvalue weighted by molar-refractivity contribution is 6.04. The van der Waals surface area contributed by atoms with Crippen LogP contribution in [0.2, 0.25) is 0 Å². The van der Waals surface area contributed by atoms with E-state index in [2.05, 4.69) is 13.0 Å². The van der Waals surface area contributed by atoms with E-state index < -0.39 is 0 Å². The summed E-state index contributed by atoms with van der Waals surface area (Å²) in [4.78, 5) is 23.0. The van der Waals surface area contributed by atoms with Crippen LogP contribution in [-0.4, -0.2) is 11.6 Å². The second-order valence-electron chi connectivity index (χ2n) is 4.54. The van der Waals surface area contributed by atoms with Crippen LogP contribution in [0.15, 0.2) is 12.2 Å². The molecule has 2 nitrogen and oxygen atoms in total. The predicted octanol–water partition coefficient (Wildman–Crippen LogP) is 3.45. The number of carbonyl (C=O) groups is 2. The van der Waals surface area contributed by atoms with Gasteiger partial charge in [-0.05, 0) is 25.7 Å². The van der Waals surface area contributed by atoms with Crippen LogP contribution < -0.4 is 0 Å². The largest absolute Gasteiger partial charge is 0.299 e. The maximum Gasteiger partial charge on any atom is 0.143 e. The summed E-state index contributed by atoms with van der Waals surface area (Å²) in [6, 6.07) is 0. The van der Waals surface area contributed by atoms with Gasteiger partial charge in [-0.1, -0.05) is 31.9 Å². The Morgan fingerprint density at radius 3 is 2.44 bits per heavy atom. The van der Waals surface area contributed by atoms with Crippen molar-refractivity contribution in [2.75, 3.05) is 0 Å². The number of rotatable bonds is 6. The van der Waals surface area contributed by atoms with Crippen molar-refractivity contribution >= 4 is 11.6 Å². The molecule has 0 aromatic heterocycles. The lowest BCUT2D eigenvalue weighted by molar-refractivity contribution is -0.135. The van der Waals surface area contributed by atoms with Gasteiger partial charge in [0.1, 0.15) is 11.6 Å². The second-order valence-corrected chi connectivity index (χ2v) is 4.54. The minimum atomic E-state index is -0.323. The molecule has 1 aliphatic carbocycles. The SMILES string of the molecule is CCCCC/C=C/CC1C(=O)CCCC1=O. The van der Waals surface area contributed by atoms with Crippen molar-refractivity contribution in [2.45, 2.75) is 58.3 Å². The molecule has 0 N–H and O–H groups in total. The van der Waals surface area contributed by atoms with Crippen LogP contribution in [-0.2, 0) is 9.59 Å². The maximum atomic E-state index is 11.5. The summed E-state index contributed by atoms with van der Waals surface area (Å²) in [5.41, 5.74) is 0. The molecular weight excluding hydrogens is 200 g/mol. The molecule has 16 heavy (non-hydrogen) atoms. The Balaban J connectivity index is 2.24. The van der Waals surface area contributed by atoms with Crippen LogP contribution in [0.25, 0.3) is 0 Å². The fraction of sp³-hybridized carbons (Fsp3) is 0.714. The zero-order valence-corrected chi connectivity index (χ0v) is 10.2. The third-order valence-corrected chi connectivity index (χ3v) is 3.14. The molecule has 90 valence electrons. The lowest BCUT2D eigenvalue weighted by Gasteiger charge is -2.17. The van der Waals surface area contributed by atoms with E-state index in [1.807, 2.05) is 6.08 Å². The lowest BCUT2D eigenvalue weighted by Crippen LogP contribution is -2.27. The molecule has 2 heteroatoms. The highest BCUT2D eigenvalue weighted by Gasteiger charge is 2.28. The Morgan fingerprint density at radius 1 is 1.12 bits per heavy atom. The van der Waals surface area contributed by atoms with Gasteiger partial charge in [0.25, 0.3) is 0 Å². The highest BCUT2D eigenvalue weighted by atomic mass is 16.2. The molecule has 1 fully saturated rings. The molecule has 0 aromatic rings. The summed E-state index contributed by atoms with van der Waals surface area (Å²) < 4.78 is 0. The number of hydrogen-bond acceptors (Lipinski definition) is 2. The fourth-order valence-electron chi connectivity index (χ4n) is 2.09. The predicted molar refractivity (Wildman–Crippen MR) is 65.3 cm³/mol. The van der Waals surface area contributed by atoms with Gasteiger partial charge in [-0.25, -0.2) is 0 Å². The fourth-order valence-corrected chi connectivity index (χ4v) is 2.09. The van der Waals surface area contributed by atoms with Crippen molar-refractivity contribution in [1.29, 1.82) is 0 Å². The molecule has 0 spiro atoms. The number of unbranched alkanes of at least 4 members (excludes halogenated alkanes) is 3. The summed E-state index contributed by atoms with van der Waals surface area (Å²) >= 11 is 0. The molecule has 0 aromatic carbocycles. The monoisotopic (exact) mass is 222 g/mol. The van der Waals surface area contributed by atoms with Crippen LogP contribution >= 0.6 is 0 Å². The molecule has 1 rings (SSSR count). The van der Waals surface area contributed by atoms with Crippen molar-refractivity contribution in [1.82, 2.24) is 0 Å². The minimum Gasteiger partial charge on any atom is -0.299 e. The van der Waals surface area contributed by atoms with Crippen molar-refractivity contribution in [3.63, 3.8) is 0 Å². The van der Waals surface area contributed by atoms with E-state index in [1.54, 1.807) is 0 Å². The molecule has 0 saturated heterocycles. The van der Waals surface area contributed by atoms with Gasteiger partial charge < -0.3 is 0 Å². The van der Waals surface area contributed by atoms with E-state index in [-0.39, 0.29) is 17.5 Å². The van der Waals surface area contributed by atoms with Gasteiger partial charge in [0.05, 0.1) is 5.92 Å². The number of hydrogen-bond donors (Lipinski definition) is 0. The molecule has 0 heterocycles. The molecular formula is C14H22O2. The summed E-state index contributed by atoms with van der Waals surface area (Å²) in [5.74, 6) is -0.0277. The second kappa shape index (κ2) is 7.37. The van der Waals surface area contributed by atoms with E-state index in [4.69, 9.17) is 0 Å². The van der Waals surface area contributed by atoms with Crippen molar-refractivity contribution in [2.24, 2.45) is 5.92 Å². The Kier molecular flexibility index (Phi) is 6.05. The lowest BCUT2D eigenvalue weighted by atomic mass is 9.84. The zero-order chi connectivity index (χ0) is 11.8. The summed E-state index contributed by atoms with van der Waals surface area (Å²) in [5, 5.41) is 0. The maximum absolute atomic E-state index is 11.5. The first kappa shape index (κ1) is 13.1. The average Bonchev–Trinajstić information content (AvgIpc) is 2.26. The number of Topliss-reactive ketones (excluding diaryl/α,β-unsaturated/α-hetero) is 2. The normalized spacial score (nSPS) is 18.6. The van der Waals surface area contributed by atoms with Gasteiger partial charge >= 0.3 is 0 Å². The molecule has 1 saturated carbocycles. The van der Waals surface area contributed by atoms with Gasteiger partial charge in [-0.15, -0.1) is 0 Å². The summed E-state index contributed by atoms with van der Waals surface area (Å²) in [7, 11) is 0. The van der Waals surface area contributed by atoms with Gasteiger partial charge in [-0.3, -0.25) is 9.59 Å². The van der Waals surface area contributed by atoms with Crippen molar-refractivity contribution in [3.8, 4) is 0 Å². The molecule has 1 aliphatic rings. The van der Waals surface area contributed by atoms with Gasteiger partial charge in [-0.2, -0.15) is 0 Å². The van der Waals surface area contributed by atoms with E-state index in [1.165, 1.54) is 19.3 Å². The van der Waals surface area contributed by atoms with Crippen LogP contribution in [0, 0.1) is 5.92 Å². The average molecular weight is 222 g/mol. The Hall–Kier alpha value is -0.920. The Morgan fingerprint density at radius 2 is 1.81 bits per heavy atom. The van der Waals surface area contributed by atoms with E-state index in [9.17, 15) is 9.59 Å². The van der Waals surface area contributed by atoms with E-state index in [0.717, 1.165) is 12.8 Å². The van der Waals surface area contributed by atoms with Gasteiger partial charge in [0.15, 0.2) is 0 Å². The van der Waals surface area contributed by atoms with Crippen LogP contribution in [0.3, 0.4) is 0 Å². The quantitative estimate of drug-likeness (QED) is 0.392. The number of allylic oxidation sites excluding steroid dienone is 2. The summed E-state index contributed by atoms with van der Waals surface area (Å²) in [6.07, 6.45) is 11.5. The minimum absolute atomic E-state index is 0.148. The topological polar surface area (TPSA) is 34.1 Å². The zero-order valence-electron chi connectivity index (χ0n) is 10.2. The molecule has 0 aliphatic heterocycles. The van der Waals surface area contributed by atoms with E-state index >= 15 is 0 Å². The molecule has 0 radical (unpaired) electrons. The first-order valence-corrected chi connectivity index (χ1v) is 6.46. The van der Waals surface area contributed by atoms with Crippen molar-refractivity contribution < 1.29 is 9.59 Å². The third kappa shape index (κ3) is 4.30. The first-order valence-electron chi connectivity index (χ1n) is 6.46. The molecule has 0 unspecified atom stereocenters. The number of ketones is 2. The summed E-state index contributed by atoms with van der Waals surface area (Å²) in [6.45, 7) is 2.18. The van der Waals surface area contributed by atoms with Crippen LogP contribution in [0.1, 0.15) is 58.3 Å². The number of carbonyl (C=O) groups excluding carboxylic acids is 2. The van der Waals surface area contributed by atoms with Crippen LogP contribution in [0.5, 0.6) is 0 Å². The first-order chi connectivity index (χ1) is 7.75.